The van der Waals surface area contributed by atoms with Crippen LogP contribution in [0.2, 0.25) is 0 Å². The van der Waals surface area contributed by atoms with E-state index in [1.165, 1.54) is 38.5 Å². The van der Waals surface area contributed by atoms with Gasteiger partial charge in [0, 0.05) is 4.83 Å². The molecule has 0 spiro atoms. The quantitative estimate of drug-likeness (QED) is 0.613. The first-order chi connectivity index (χ1) is 4.84. The number of halogens is 1. The van der Waals surface area contributed by atoms with Gasteiger partial charge >= 0.3 is 0 Å². The monoisotopic (exact) mass is 204 g/mol. The molecule has 1 atom stereocenters. The Morgan fingerprint density at radius 2 is 2.20 bits per heavy atom. The Balaban J connectivity index is 2.02. The van der Waals surface area contributed by atoms with Gasteiger partial charge in [0.1, 0.15) is 0 Å². The Labute approximate surface area is 72.5 Å². The maximum Gasteiger partial charge on any atom is 0.0174 e. The van der Waals surface area contributed by atoms with Crippen molar-refractivity contribution in [3.8, 4) is 0 Å². The average molecular weight is 205 g/mol. The van der Waals surface area contributed by atoms with Gasteiger partial charge in [-0.05, 0) is 25.2 Å². The van der Waals surface area contributed by atoms with Crippen molar-refractivity contribution in [2.24, 2.45) is 5.92 Å². The summed E-state index contributed by atoms with van der Waals surface area (Å²) in [7, 11) is 0. The smallest absolute Gasteiger partial charge is 0.0174 e. The molecule has 0 amide bonds. The molecule has 0 saturated heterocycles. The lowest BCUT2D eigenvalue weighted by atomic mass is 9.81. The molecule has 0 radical (unpaired) electrons. The van der Waals surface area contributed by atoms with Gasteiger partial charge < -0.3 is 0 Å². The van der Waals surface area contributed by atoms with E-state index in [1.807, 2.05) is 0 Å². The molecule has 0 heterocycles. The summed E-state index contributed by atoms with van der Waals surface area (Å²) in [6.45, 7) is 2.26. The van der Waals surface area contributed by atoms with Crippen LogP contribution >= 0.6 is 15.9 Å². The first-order valence-electron chi connectivity index (χ1n) is 4.48. The summed E-state index contributed by atoms with van der Waals surface area (Å²) in [5.41, 5.74) is 0. The Morgan fingerprint density at radius 3 is 2.60 bits per heavy atom. The predicted octanol–water partition coefficient (Wildman–Crippen LogP) is 3.74. The van der Waals surface area contributed by atoms with Crippen LogP contribution in [0.25, 0.3) is 0 Å². The minimum absolute atomic E-state index is 0.834. The summed E-state index contributed by atoms with van der Waals surface area (Å²) < 4.78 is 0. The zero-order valence-electron chi connectivity index (χ0n) is 6.78. The van der Waals surface area contributed by atoms with Crippen LogP contribution in [0.1, 0.15) is 45.4 Å². The topological polar surface area (TPSA) is 0 Å². The van der Waals surface area contributed by atoms with Crippen LogP contribution < -0.4 is 0 Å². The lowest BCUT2D eigenvalue weighted by molar-refractivity contribution is 0.300. The van der Waals surface area contributed by atoms with E-state index in [0.717, 1.165) is 10.7 Å². The first kappa shape index (κ1) is 8.58. The van der Waals surface area contributed by atoms with Crippen molar-refractivity contribution >= 4 is 15.9 Å². The largest absolute Gasteiger partial charge is 0.0888 e. The molecule has 0 aromatic rings. The Kier molecular flexibility index (Phi) is 3.75. The zero-order valence-corrected chi connectivity index (χ0v) is 8.36. The molecule has 0 aliphatic heterocycles. The van der Waals surface area contributed by atoms with Crippen molar-refractivity contribution in [2.75, 3.05) is 0 Å². The molecular formula is C9H17Br. The minimum Gasteiger partial charge on any atom is -0.0888 e. The molecule has 10 heavy (non-hydrogen) atoms. The highest BCUT2D eigenvalue weighted by molar-refractivity contribution is 9.09. The van der Waals surface area contributed by atoms with E-state index in [-0.39, 0.29) is 0 Å². The number of alkyl halides is 1. The summed E-state index contributed by atoms with van der Waals surface area (Å²) >= 11 is 3.76. The summed E-state index contributed by atoms with van der Waals surface area (Å²) in [6, 6.07) is 0. The molecular weight excluding hydrogens is 188 g/mol. The molecule has 1 unspecified atom stereocenters. The van der Waals surface area contributed by atoms with Crippen molar-refractivity contribution < 1.29 is 0 Å². The standard InChI is InChI=1S/C9H17Br/c1-2-3-7-9(10)8-5-4-6-8/h8-9H,2-7H2,1H3. The molecule has 1 heteroatoms. The van der Waals surface area contributed by atoms with Crippen LogP contribution in [0.5, 0.6) is 0 Å². The van der Waals surface area contributed by atoms with Crippen LogP contribution in [0.3, 0.4) is 0 Å². The summed E-state index contributed by atoms with van der Waals surface area (Å²) in [5.74, 6) is 1.02. The van der Waals surface area contributed by atoms with Crippen molar-refractivity contribution in [2.45, 2.75) is 50.3 Å². The molecule has 0 aromatic carbocycles. The Bertz CT molecular complexity index is 86.7. The fourth-order valence-electron chi connectivity index (χ4n) is 1.44. The van der Waals surface area contributed by atoms with Gasteiger partial charge in [-0.1, -0.05) is 42.1 Å². The molecule has 1 aliphatic carbocycles. The second-order valence-electron chi connectivity index (χ2n) is 3.35. The van der Waals surface area contributed by atoms with Crippen molar-refractivity contribution in [1.29, 1.82) is 0 Å². The van der Waals surface area contributed by atoms with Gasteiger partial charge in [0.15, 0.2) is 0 Å². The highest BCUT2D eigenvalue weighted by Gasteiger charge is 2.24. The predicted molar refractivity (Wildman–Crippen MR) is 49.6 cm³/mol. The second-order valence-corrected chi connectivity index (χ2v) is 4.53. The molecule has 0 N–H and O–H groups in total. The van der Waals surface area contributed by atoms with Crippen LogP contribution in [0.4, 0.5) is 0 Å². The van der Waals surface area contributed by atoms with E-state index in [4.69, 9.17) is 0 Å². The van der Waals surface area contributed by atoms with E-state index in [1.54, 1.807) is 0 Å². The van der Waals surface area contributed by atoms with Gasteiger partial charge in [-0.25, -0.2) is 0 Å². The molecule has 1 aliphatic rings. The molecule has 1 saturated carbocycles. The first-order valence-corrected chi connectivity index (χ1v) is 5.40. The highest BCUT2D eigenvalue weighted by atomic mass is 79.9. The van der Waals surface area contributed by atoms with Crippen LogP contribution in [-0.2, 0) is 0 Å². The van der Waals surface area contributed by atoms with E-state index in [9.17, 15) is 0 Å². The van der Waals surface area contributed by atoms with Crippen molar-refractivity contribution in [3.63, 3.8) is 0 Å². The Hall–Kier alpha value is 0.480. The summed E-state index contributed by atoms with van der Waals surface area (Å²) in [6.07, 6.45) is 8.54. The lowest BCUT2D eigenvalue weighted by Gasteiger charge is -2.30. The molecule has 0 bridgehead atoms. The molecule has 1 rings (SSSR count). The number of rotatable bonds is 4. The molecule has 60 valence electrons. The SMILES string of the molecule is CCCCC(Br)C1CCC1. The second kappa shape index (κ2) is 4.38. The molecule has 1 fully saturated rings. The number of hydrogen-bond acceptors (Lipinski definition) is 0. The summed E-state index contributed by atoms with van der Waals surface area (Å²) in [5, 5.41) is 0. The summed E-state index contributed by atoms with van der Waals surface area (Å²) in [4.78, 5) is 0.834. The van der Waals surface area contributed by atoms with Crippen LogP contribution in [-0.4, -0.2) is 4.83 Å². The van der Waals surface area contributed by atoms with E-state index in [0.29, 0.717) is 0 Å². The lowest BCUT2D eigenvalue weighted by Crippen LogP contribution is -2.21. The average Bonchev–Trinajstić information content (AvgIpc) is 1.79. The van der Waals surface area contributed by atoms with Gasteiger partial charge in [-0.3, -0.25) is 0 Å². The fraction of sp³-hybridized carbons (Fsp3) is 1.00. The van der Waals surface area contributed by atoms with Gasteiger partial charge in [-0.2, -0.15) is 0 Å². The van der Waals surface area contributed by atoms with Crippen molar-refractivity contribution in [3.05, 3.63) is 0 Å². The van der Waals surface area contributed by atoms with E-state index >= 15 is 0 Å². The zero-order chi connectivity index (χ0) is 7.40. The normalized spacial score (nSPS) is 22.2. The maximum absolute atomic E-state index is 3.76. The van der Waals surface area contributed by atoms with Gasteiger partial charge in [0.2, 0.25) is 0 Å². The Morgan fingerprint density at radius 1 is 1.50 bits per heavy atom. The fourth-order valence-corrected chi connectivity index (χ4v) is 2.29. The molecule has 0 aromatic heterocycles. The van der Waals surface area contributed by atoms with Crippen LogP contribution in [0, 0.1) is 5.92 Å². The van der Waals surface area contributed by atoms with Crippen molar-refractivity contribution in [1.82, 2.24) is 0 Å². The van der Waals surface area contributed by atoms with E-state index < -0.39 is 0 Å². The minimum atomic E-state index is 0.834. The number of unbranched alkanes of at least 4 members (excludes halogenated alkanes) is 1. The van der Waals surface area contributed by atoms with Gasteiger partial charge in [-0.15, -0.1) is 0 Å². The third kappa shape index (κ3) is 2.26. The highest BCUT2D eigenvalue weighted by Crippen LogP contribution is 2.35. The third-order valence-electron chi connectivity index (χ3n) is 2.49. The third-order valence-corrected chi connectivity index (χ3v) is 3.70. The maximum atomic E-state index is 3.76. The van der Waals surface area contributed by atoms with Gasteiger partial charge in [0.05, 0.1) is 0 Å². The van der Waals surface area contributed by atoms with Gasteiger partial charge in [0.25, 0.3) is 0 Å². The molecule has 0 nitrogen and oxygen atoms in total. The van der Waals surface area contributed by atoms with E-state index in [2.05, 4.69) is 22.9 Å². The number of hydrogen-bond donors (Lipinski definition) is 0. The van der Waals surface area contributed by atoms with Crippen LogP contribution in [0.15, 0.2) is 0 Å².